The molecule has 0 saturated heterocycles. The van der Waals surface area contributed by atoms with Gasteiger partial charge in [-0.25, -0.2) is 5.11 Å². The van der Waals surface area contributed by atoms with Gasteiger partial charge in [0.2, 0.25) is 0 Å². The van der Waals surface area contributed by atoms with Crippen LogP contribution in [0.4, 0.5) is 0 Å². The molecule has 65 valence electrons. The first-order valence-electron chi connectivity index (χ1n) is 3.86. The first kappa shape index (κ1) is 10.4. The van der Waals surface area contributed by atoms with Gasteiger partial charge in [-0.2, -0.15) is 0 Å². The third-order valence-electron chi connectivity index (χ3n) is 1.31. The van der Waals surface area contributed by atoms with Crippen molar-refractivity contribution in [3.05, 3.63) is 0 Å². The first-order chi connectivity index (χ1) is 5.07. The van der Waals surface area contributed by atoms with Crippen LogP contribution in [0.2, 0.25) is 0 Å². The molecule has 0 aromatic carbocycles. The highest BCUT2D eigenvalue weighted by atomic mass is 16.5. The Kier molecular flexibility index (Phi) is 4.86. The molecule has 0 aromatic rings. The summed E-state index contributed by atoms with van der Waals surface area (Å²) >= 11 is 0. The fraction of sp³-hybridized carbons (Fsp3) is 0.875. The molecule has 1 radical (unpaired) electrons. The first-order valence-corrected chi connectivity index (χ1v) is 3.86. The second-order valence-electron chi connectivity index (χ2n) is 2.88. The molecule has 3 nitrogen and oxygen atoms in total. The Morgan fingerprint density at radius 1 is 1.36 bits per heavy atom. The van der Waals surface area contributed by atoms with Gasteiger partial charge < -0.3 is 4.74 Å². The summed E-state index contributed by atoms with van der Waals surface area (Å²) in [6.45, 7) is 5.08. The van der Waals surface area contributed by atoms with E-state index < -0.39 is 0 Å². The Hall–Kier alpha value is -0.570. The Balaban J connectivity index is 3.64. The van der Waals surface area contributed by atoms with E-state index in [0.717, 1.165) is 0 Å². The Labute approximate surface area is 67.4 Å². The highest BCUT2D eigenvalue weighted by Crippen LogP contribution is 2.05. The third-order valence-corrected chi connectivity index (χ3v) is 1.31. The molecule has 1 atom stereocenters. The van der Waals surface area contributed by atoms with Gasteiger partial charge in [0.05, 0.1) is 18.6 Å². The summed E-state index contributed by atoms with van der Waals surface area (Å²) in [7, 11) is 0. The molecule has 0 heterocycles. The van der Waals surface area contributed by atoms with Crippen molar-refractivity contribution in [1.82, 2.24) is 0 Å². The zero-order valence-corrected chi connectivity index (χ0v) is 7.29. The zero-order chi connectivity index (χ0) is 8.85. The molecule has 0 spiro atoms. The summed E-state index contributed by atoms with van der Waals surface area (Å²) in [6.07, 6.45) is 0.280. The van der Waals surface area contributed by atoms with E-state index in [4.69, 9.17) is 4.74 Å². The van der Waals surface area contributed by atoms with Crippen molar-refractivity contribution in [3.8, 4) is 0 Å². The minimum absolute atomic E-state index is 0.0865. The number of hydrogen-bond donors (Lipinski definition) is 0. The van der Waals surface area contributed by atoms with Crippen molar-refractivity contribution in [2.75, 3.05) is 6.61 Å². The molecule has 0 aliphatic heterocycles. The smallest absolute Gasteiger partial charge is 0.308 e. The number of carbonyl (C=O) groups excluding carboxylic acids is 1. The summed E-state index contributed by atoms with van der Waals surface area (Å²) < 4.78 is 4.89. The molecule has 11 heavy (non-hydrogen) atoms. The Morgan fingerprint density at radius 2 is 1.91 bits per heavy atom. The van der Waals surface area contributed by atoms with Crippen LogP contribution in [0.5, 0.6) is 0 Å². The Bertz CT molecular complexity index is 121. The number of rotatable bonds is 4. The minimum atomic E-state index is -0.268. The summed E-state index contributed by atoms with van der Waals surface area (Å²) in [6, 6.07) is 0. The molecule has 0 saturated carbocycles. The van der Waals surface area contributed by atoms with E-state index in [0.29, 0.717) is 6.42 Å². The van der Waals surface area contributed by atoms with E-state index in [1.54, 1.807) is 20.8 Å². The number of carbonyl (C=O) groups is 1. The minimum Gasteiger partial charge on any atom is -0.463 e. The van der Waals surface area contributed by atoms with Gasteiger partial charge in [-0.1, -0.05) is 6.92 Å². The van der Waals surface area contributed by atoms with Crippen LogP contribution >= 0.6 is 0 Å². The average Bonchev–Trinajstić information content (AvgIpc) is 1.86. The standard InChI is InChI=1S/C8H15O3/c1-6(2)11-8(10)7(3)4-5-9/h6-7H,4-5H2,1-3H3. The molecule has 0 N–H and O–H groups in total. The summed E-state index contributed by atoms with van der Waals surface area (Å²) in [4.78, 5) is 11.0. The van der Waals surface area contributed by atoms with Crippen molar-refractivity contribution in [2.45, 2.75) is 33.3 Å². The second-order valence-corrected chi connectivity index (χ2v) is 2.88. The third kappa shape index (κ3) is 4.79. The van der Waals surface area contributed by atoms with Gasteiger partial charge in [0.25, 0.3) is 0 Å². The maximum absolute atomic E-state index is 11.0. The lowest BCUT2D eigenvalue weighted by Crippen LogP contribution is -2.19. The zero-order valence-electron chi connectivity index (χ0n) is 7.29. The van der Waals surface area contributed by atoms with Crippen molar-refractivity contribution in [1.29, 1.82) is 0 Å². The molecule has 0 aliphatic carbocycles. The highest BCUT2D eigenvalue weighted by molar-refractivity contribution is 5.72. The van der Waals surface area contributed by atoms with Crippen LogP contribution in [0.3, 0.4) is 0 Å². The van der Waals surface area contributed by atoms with Crippen molar-refractivity contribution in [2.24, 2.45) is 5.92 Å². The lowest BCUT2D eigenvalue weighted by molar-refractivity contribution is -0.152. The van der Waals surface area contributed by atoms with Gasteiger partial charge in [-0.3, -0.25) is 4.79 Å². The molecule has 0 amide bonds. The van der Waals surface area contributed by atoms with Crippen molar-refractivity contribution in [3.63, 3.8) is 0 Å². The van der Waals surface area contributed by atoms with E-state index >= 15 is 0 Å². The predicted molar refractivity (Wildman–Crippen MR) is 40.6 cm³/mol. The molecule has 0 fully saturated rings. The van der Waals surface area contributed by atoms with Gasteiger partial charge in [0.15, 0.2) is 0 Å². The van der Waals surface area contributed by atoms with Crippen molar-refractivity contribution >= 4 is 5.97 Å². The second kappa shape index (κ2) is 5.13. The maximum Gasteiger partial charge on any atom is 0.308 e. The van der Waals surface area contributed by atoms with Crippen LogP contribution in [0.15, 0.2) is 0 Å². The topological polar surface area (TPSA) is 46.2 Å². The molecule has 3 heteroatoms. The van der Waals surface area contributed by atoms with Gasteiger partial charge in [0, 0.05) is 0 Å². The highest BCUT2D eigenvalue weighted by Gasteiger charge is 2.14. The van der Waals surface area contributed by atoms with Gasteiger partial charge >= 0.3 is 5.97 Å². The molecule has 0 rings (SSSR count). The number of hydrogen-bond acceptors (Lipinski definition) is 2. The van der Waals surface area contributed by atoms with Crippen LogP contribution in [0, 0.1) is 5.92 Å². The Morgan fingerprint density at radius 3 is 2.27 bits per heavy atom. The number of esters is 1. The van der Waals surface area contributed by atoms with Crippen LogP contribution < -0.4 is 0 Å². The van der Waals surface area contributed by atoms with E-state index in [1.807, 2.05) is 0 Å². The molecule has 0 aromatic heterocycles. The fourth-order valence-electron chi connectivity index (χ4n) is 0.643. The lowest BCUT2D eigenvalue weighted by atomic mass is 10.1. The van der Waals surface area contributed by atoms with Gasteiger partial charge in [0.1, 0.15) is 0 Å². The van der Waals surface area contributed by atoms with Crippen LogP contribution in [0.25, 0.3) is 0 Å². The molecular weight excluding hydrogens is 144 g/mol. The monoisotopic (exact) mass is 159 g/mol. The quantitative estimate of drug-likeness (QED) is 0.582. The van der Waals surface area contributed by atoms with E-state index in [1.165, 1.54) is 0 Å². The fourth-order valence-corrected chi connectivity index (χ4v) is 0.643. The van der Waals surface area contributed by atoms with Crippen LogP contribution in [-0.4, -0.2) is 18.7 Å². The normalized spacial score (nSPS) is 13.2. The van der Waals surface area contributed by atoms with E-state index in [9.17, 15) is 9.90 Å². The summed E-state index contributed by atoms with van der Waals surface area (Å²) in [5.74, 6) is -0.522. The van der Waals surface area contributed by atoms with Crippen LogP contribution in [0.1, 0.15) is 27.2 Å². The maximum atomic E-state index is 11.0. The summed E-state index contributed by atoms with van der Waals surface area (Å²) in [5.41, 5.74) is 0. The van der Waals surface area contributed by atoms with E-state index in [-0.39, 0.29) is 24.6 Å². The molecule has 0 aliphatic rings. The average molecular weight is 159 g/mol. The molecular formula is C8H15O3. The molecule has 1 unspecified atom stereocenters. The van der Waals surface area contributed by atoms with E-state index in [2.05, 4.69) is 0 Å². The number of ether oxygens (including phenoxy) is 1. The summed E-state index contributed by atoms with van der Waals surface area (Å²) in [5, 5.41) is 10.1. The SMILES string of the molecule is CC(C)OC(=O)C(C)CC[O]. The van der Waals surface area contributed by atoms with Crippen molar-refractivity contribution < 1.29 is 14.6 Å². The van der Waals surface area contributed by atoms with Gasteiger partial charge in [-0.05, 0) is 20.3 Å². The predicted octanol–water partition coefficient (Wildman–Crippen LogP) is 1.39. The largest absolute Gasteiger partial charge is 0.463 e. The van der Waals surface area contributed by atoms with Crippen LogP contribution in [-0.2, 0) is 14.6 Å². The van der Waals surface area contributed by atoms with Gasteiger partial charge in [-0.15, -0.1) is 0 Å². The molecule has 0 bridgehead atoms. The lowest BCUT2D eigenvalue weighted by Gasteiger charge is -2.11.